The van der Waals surface area contributed by atoms with Crippen molar-refractivity contribution in [1.29, 1.82) is 0 Å². The monoisotopic (exact) mass is 501 g/mol. The van der Waals surface area contributed by atoms with Crippen molar-refractivity contribution < 1.29 is 22.6 Å². The second kappa shape index (κ2) is 9.15. The van der Waals surface area contributed by atoms with Crippen LogP contribution in [0.3, 0.4) is 0 Å². The topological polar surface area (TPSA) is 72.4 Å². The maximum Gasteiger partial charge on any atom is 0.298 e. The maximum atomic E-state index is 15.2. The van der Waals surface area contributed by atoms with E-state index < -0.39 is 30.0 Å². The van der Waals surface area contributed by atoms with Crippen LogP contribution in [0.15, 0.2) is 24.3 Å². The summed E-state index contributed by atoms with van der Waals surface area (Å²) < 4.78 is 54.1. The van der Waals surface area contributed by atoms with Gasteiger partial charge in [-0.2, -0.15) is 13.9 Å². The standard InChI is InChI=1S/C26H30F3N5O2/c1-15(18-6-5-7-20(22(18)27)26(28,29)14-35-4)31-24-19-10-21(16(2)30-23(19)17(3)32-33-24)34-9-8-25(11-34)12-36-13-25/h5-7,10,15H,8-9,11-14H2,1-4H3,(H,31,33)/t15-/m1/s1. The number of aromatic nitrogens is 3. The molecule has 3 aromatic rings. The summed E-state index contributed by atoms with van der Waals surface area (Å²) in [5.74, 6) is -3.99. The highest BCUT2D eigenvalue weighted by atomic mass is 19.3. The van der Waals surface area contributed by atoms with Gasteiger partial charge in [0, 0.05) is 36.6 Å². The predicted molar refractivity (Wildman–Crippen MR) is 131 cm³/mol. The van der Waals surface area contributed by atoms with Crippen LogP contribution in [0.5, 0.6) is 0 Å². The summed E-state index contributed by atoms with van der Waals surface area (Å²) in [7, 11) is 1.16. The van der Waals surface area contributed by atoms with Gasteiger partial charge in [0.05, 0.1) is 47.4 Å². The molecule has 2 fully saturated rings. The lowest BCUT2D eigenvalue weighted by Gasteiger charge is -2.38. The number of anilines is 2. The smallest absolute Gasteiger partial charge is 0.298 e. The van der Waals surface area contributed by atoms with Crippen LogP contribution in [0.2, 0.25) is 0 Å². The first-order valence-corrected chi connectivity index (χ1v) is 12.0. The molecule has 0 amide bonds. The van der Waals surface area contributed by atoms with Gasteiger partial charge in [-0.1, -0.05) is 12.1 Å². The number of pyridine rings is 1. The van der Waals surface area contributed by atoms with Gasteiger partial charge in [0.2, 0.25) is 0 Å². The molecule has 1 spiro atoms. The van der Waals surface area contributed by atoms with Crippen molar-refractivity contribution in [3.63, 3.8) is 0 Å². The number of hydrogen-bond donors (Lipinski definition) is 1. The fourth-order valence-corrected chi connectivity index (χ4v) is 5.18. The first-order valence-electron chi connectivity index (χ1n) is 12.0. The van der Waals surface area contributed by atoms with E-state index in [1.54, 1.807) is 6.92 Å². The highest BCUT2D eigenvalue weighted by Gasteiger charge is 2.45. The first kappa shape index (κ1) is 24.7. The lowest BCUT2D eigenvalue weighted by atomic mass is 9.85. The Morgan fingerprint density at radius 1 is 1.22 bits per heavy atom. The van der Waals surface area contributed by atoms with Gasteiger partial charge in [0.25, 0.3) is 5.92 Å². The Bertz CT molecular complexity index is 1300. The summed E-state index contributed by atoms with van der Waals surface area (Å²) in [4.78, 5) is 7.16. The number of rotatable bonds is 7. The molecule has 1 N–H and O–H groups in total. The van der Waals surface area contributed by atoms with Crippen LogP contribution < -0.4 is 10.2 Å². The van der Waals surface area contributed by atoms with E-state index in [2.05, 4.69) is 25.2 Å². The quantitative estimate of drug-likeness (QED) is 0.493. The molecule has 1 aromatic carbocycles. The SMILES string of the molecule is COCC(F)(F)c1cccc([C@@H](C)Nc2nnc(C)c3nc(C)c(N4CCC5(COC5)C4)cc23)c1F. The molecule has 2 aliphatic heterocycles. The van der Waals surface area contributed by atoms with E-state index in [0.29, 0.717) is 17.0 Å². The second-order valence-electron chi connectivity index (χ2n) is 10.00. The van der Waals surface area contributed by atoms with Crippen LogP contribution in [0.25, 0.3) is 10.9 Å². The maximum absolute atomic E-state index is 15.2. The molecule has 0 saturated carbocycles. The molecule has 1 atom stereocenters. The molecule has 0 unspecified atom stereocenters. The zero-order valence-electron chi connectivity index (χ0n) is 20.9. The number of halogens is 3. The highest BCUT2D eigenvalue weighted by molar-refractivity contribution is 5.93. The zero-order valence-corrected chi connectivity index (χ0v) is 20.9. The van der Waals surface area contributed by atoms with Crippen molar-refractivity contribution in [3.05, 3.63) is 52.6 Å². The molecule has 7 nitrogen and oxygen atoms in total. The molecule has 2 saturated heterocycles. The number of nitrogens with one attached hydrogen (secondary N) is 1. The Labute approximate surface area is 208 Å². The average Bonchev–Trinajstić information content (AvgIpc) is 3.27. The lowest BCUT2D eigenvalue weighted by molar-refractivity contribution is -0.0985. The molecule has 5 rings (SSSR count). The second-order valence-corrected chi connectivity index (χ2v) is 10.00. The third kappa shape index (κ3) is 4.26. The Morgan fingerprint density at radius 3 is 2.67 bits per heavy atom. The molecule has 192 valence electrons. The molecule has 2 aliphatic rings. The molecule has 0 radical (unpaired) electrons. The van der Waals surface area contributed by atoms with E-state index in [1.165, 1.54) is 12.1 Å². The minimum Gasteiger partial charge on any atom is -0.380 e. The Kier molecular flexibility index (Phi) is 6.28. The number of ether oxygens (including phenoxy) is 2. The summed E-state index contributed by atoms with van der Waals surface area (Å²) in [6.45, 7) is 8.01. The number of fused-ring (bicyclic) bond motifs is 1. The van der Waals surface area contributed by atoms with Crippen LogP contribution in [-0.4, -0.2) is 55.2 Å². The average molecular weight is 502 g/mol. The van der Waals surface area contributed by atoms with Crippen molar-refractivity contribution in [2.24, 2.45) is 5.41 Å². The van der Waals surface area contributed by atoms with Gasteiger partial charge >= 0.3 is 0 Å². The molecule has 0 bridgehead atoms. The highest BCUT2D eigenvalue weighted by Crippen LogP contribution is 2.41. The lowest BCUT2D eigenvalue weighted by Crippen LogP contribution is -2.44. The minimum absolute atomic E-state index is 0.102. The van der Waals surface area contributed by atoms with Crippen molar-refractivity contribution in [3.8, 4) is 0 Å². The minimum atomic E-state index is -3.44. The van der Waals surface area contributed by atoms with E-state index in [1.807, 2.05) is 19.9 Å². The first-order chi connectivity index (χ1) is 17.1. The summed E-state index contributed by atoms with van der Waals surface area (Å²) in [5.41, 5.74) is 2.91. The van der Waals surface area contributed by atoms with Crippen LogP contribution in [-0.2, 0) is 15.4 Å². The number of alkyl halides is 2. The summed E-state index contributed by atoms with van der Waals surface area (Å²) in [5, 5.41) is 12.5. The number of methoxy groups -OCH3 is 1. The largest absolute Gasteiger partial charge is 0.380 e. The Morgan fingerprint density at radius 2 is 2.00 bits per heavy atom. The van der Waals surface area contributed by atoms with Crippen molar-refractivity contribution in [1.82, 2.24) is 15.2 Å². The molecule has 0 aliphatic carbocycles. The predicted octanol–water partition coefficient (Wildman–Crippen LogP) is 4.92. The zero-order chi connectivity index (χ0) is 25.7. The van der Waals surface area contributed by atoms with Crippen molar-refractivity contribution in [2.45, 2.75) is 39.2 Å². The van der Waals surface area contributed by atoms with Gasteiger partial charge < -0.3 is 19.7 Å². The van der Waals surface area contributed by atoms with Gasteiger partial charge in [-0.3, -0.25) is 0 Å². The van der Waals surface area contributed by atoms with Crippen LogP contribution >= 0.6 is 0 Å². The number of benzene rings is 1. The van der Waals surface area contributed by atoms with E-state index in [0.717, 1.165) is 62.7 Å². The molecule has 36 heavy (non-hydrogen) atoms. The summed E-state index contributed by atoms with van der Waals surface area (Å²) in [6.07, 6.45) is 1.07. The van der Waals surface area contributed by atoms with Crippen LogP contribution in [0.1, 0.15) is 41.9 Å². The van der Waals surface area contributed by atoms with Crippen LogP contribution in [0.4, 0.5) is 24.7 Å². The molecule has 2 aromatic heterocycles. The molecular weight excluding hydrogens is 471 g/mol. The third-order valence-electron chi connectivity index (χ3n) is 7.25. The molecule has 4 heterocycles. The van der Waals surface area contributed by atoms with E-state index in [-0.39, 0.29) is 11.0 Å². The van der Waals surface area contributed by atoms with E-state index in [9.17, 15) is 8.78 Å². The molecule has 10 heteroatoms. The molecular formula is C26H30F3N5O2. The Balaban J connectivity index is 1.49. The fourth-order valence-electron chi connectivity index (χ4n) is 5.18. The number of aryl methyl sites for hydroxylation is 2. The number of hydrogen-bond acceptors (Lipinski definition) is 7. The van der Waals surface area contributed by atoms with Gasteiger partial charge in [-0.15, -0.1) is 5.10 Å². The summed E-state index contributed by atoms with van der Waals surface area (Å²) >= 11 is 0. The van der Waals surface area contributed by atoms with Gasteiger partial charge in [-0.25, -0.2) is 9.37 Å². The normalized spacial score (nSPS) is 18.0. The van der Waals surface area contributed by atoms with E-state index in [4.69, 9.17) is 9.72 Å². The van der Waals surface area contributed by atoms with Gasteiger partial charge in [0.1, 0.15) is 12.4 Å². The fraction of sp³-hybridized carbons (Fsp3) is 0.500. The van der Waals surface area contributed by atoms with Gasteiger partial charge in [0.15, 0.2) is 5.82 Å². The van der Waals surface area contributed by atoms with E-state index >= 15 is 4.39 Å². The third-order valence-corrected chi connectivity index (χ3v) is 7.25. The number of nitrogens with zero attached hydrogens (tertiary/aromatic N) is 4. The summed E-state index contributed by atoms with van der Waals surface area (Å²) in [6, 6.07) is 5.38. The van der Waals surface area contributed by atoms with Crippen molar-refractivity contribution in [2.75, 3.05) is 50.2 Å². The Hall–Kier alpha value is -2.98. The van der Waals surface area contributed by atoms with Gasteiger partial charge in [-0.05, 0) is 39.3 Å². The van der Waals surface area contributed by atoms with Crippen molar-refractivity contribution >= 4 is 22.4 Å². The van der Waals surface area contributed by atoms with Crippen LogP contribution in [0, 0.1) is 25.1 Å².